The SMILES string of the molecule is COc1ccc(COc2ccn(Cc3cccc(F)c3)c(=O)c2Br)cc1. The lowest BCUT2D eigenvalue weighted by molar-refractivity contribution is 0.302. The molecule has 0 aliphatic rings. The van der Waals surface area contributed by atoms with E-state index in [1.54, 1.807) is 31.5 Å². The summed E-state index contributed by atoms with van der Waals surface area (Å²) in [4.78, 5) is 12.5. The molecule has 0 saturated carbocycles. The van der Waals surface area contributed by atoms with Gasteiger partial charge in [-0.15, -0.1) is 0 Å². The first-order valence-corrected chi connectivity index (χ1v) is 8.75. The largest absolute Gasteiger partial charge is 0.497 e. The van der Waals surface area contributed by atoms with Crippen molar-refractivity contribution in [2.75, 3.05) is 7.11 Å². The maximum absolute atomic E-state index is 13.3. The fourth-order valence-corrected chi connectivity index (χ4v) is 2.96. The molecule has 0 aliphatic heterocycles. The van der Waals surface area contributed by atoms with E-state index in [1.165, 1.54) is 16.7 Å². The second-order valence-electron chi connectivity index (χ2n) is 5.69. The molecule has 0 radical (unpaired) electrons. The average molecular weight is 418 g/mol. The lowest BCUT2D eigenvalue weighted by Crippen LogP contribution is -2.21. The van der Waals surface area contributed by atoms with Gasteiger partial charge in [0.25, 0.3) is 5.56 Å². The van der Waals surface area contributed by atoms with Crippen molar-refractivity contribution in [2.24, 2.45) is 0 Å². The number of rotatable bonds is 6. The monoisotopic (exact) mass is 417 g/mol. The van der Waals surface area contributed by atoms with Gasteiger partial charge in [0, 0.05) is 6.20 Å². The van der Waals surface area contributed by atoms with Gasteiger partial charge in [0.1, 0.15) is 28.4 Å². The molecular formula is C20H17BrFNO3. The zero-order valence-corrected chi connectivity index (χ0v) is 15.7. The molecule has 26 heavy (non-hydrogen) atoms. The Kier molecular flexibility index (Phi) is 5.73. The molecule has 0 saturated heterocycles. The molecule has 134 valence electrons. The van der Waals surface area contributed by atoms with E-state index in [-0.39, 0.29) is 17.9 Å². The fraction of sp³-hybridized carbons (Fsp3) is 0.150. The summed E-state index contributed by atoms with van der Waals surface area (Å²) >= 11 is 3.30. The van der Waals surface area contributed by atoms with E-state index in [1.807, 2.05) is 24.3 Å². The molecule has 4 nitrogen and oxygen atoms in total. The van der Waals surface area contributed by atoms with Crippen LogP contribution in [-0.2, 0) is 13.2 Å². The molecule has 0 atom stereocenters. The molecule has 0 fully saturated rings. The van der Waals surface area contributed by atoms with Gasteiger partial charge < -0.3 is 14.0 Å². The Labute approximate surface area is 158 Å². The molecule has 2 aromatic carbocycles. The van der Waals surface area contributed by atoms with Gasteiger partial charge in [0.05, 0.1) is 13.7 Å². The van der Waals surface area contributed by atoms with Gasteiger partial charge in [-0.05, 0) is 57.4 Å². The Morgan fingerprint density at radius 1 is 1.08 bits per heavy atom. The minimum absolute atomic E-state index is 0.235. The third-order valence-corrected chi connectivity index (χ3v) is 4.60. The first-order chi connectivity index (χ1) is 12.6. The fourth-order valence-electron chi connectivity index (χ4n) is 2.48. The van der Waals surface area contributed by atoms with Gasteiger partial charge in [-0.1, -0.05) is 24.3 Å². The second kappa shape index (κ2) is 8.19. The first kappa shape index (κ1) is 18.2. The van der Waals surface area contributed by atoms with Crippen LogP contribution in [0.2, 0.25) is 0 Å². The van der Waals surface area contributed by atoms with E-state index in [0.717, 1.165) is 11.3 Å². The molecule has 6 heteroatoms. The van der Waals surface area contributed by atoms with Crippen LogP contribution in [0.1, 0.15) is 11.1 Å². The van der Waals surface area contributed by atoms with Gasteiger partial charge in [-0.2, -0.15) is 0 Å². The van der Waals surface area contributed by atoms with Crippen LogP contribution in [0.5, 0.6) is 11.5 Å². The maximum Gasteiger partial charge on any atom is 0.268 e. The van der Waals surface area contributed by atoms with Gasteiger partial charge in [0.2, 0.25) is 0 Å². The summed E-state index contributed by atoms with van der Waals surface area (Å²) in [5.41, 5.74) is 1.44. The maximum atomic E-state index is 13.3. The number of aromatic nitrogens is 1. The van der Waals surface area contributed by atoms with Crippen molar-refractivity contribution in [3.05, 3.63) is 92.6 Å². The van der Waals surface area contributed by atoms with Crippen LogP contribution < -0.4 is 15.0 Å². The molecule has 0 amide bonds. The summed E-state index contributed by atoms with van der Waals surface area (Å²) in [5.74, 6) is 0.908. The minimum Gasteiger partial charge on any atom is -0.497 e. The van der Waals surface area contributed by atoms with E-state index in [4.69, 9.17) is 9.47 Å². The zero-order valence-electron chi connectivity index (χ0n) is 14.1. The highest BCUT2D eigenvalue weighted by Gasteiger charge is 2.10. The van der Waals surface area contributed by atoms with Crippen molar-refractivity contribution >= 4 is 15.9 Å². The summed E-state index contributed by atoms with van der Waals surface area (Å²) < 4.78 is 26.0. The Hall–Kier alpha value is -2.60. The Morgan fingerprint density at radius 2 is 1.85 bits per heavy atom. The molecular weight excluding hydrogens is 401 g/mol. The van der Waals surface area contributed by atoms with Crippen LogP contribution in [-0.4, -0.2) is 11.7 Å². The van der Waals surface area contributed by atoms with Crippen molar-refractivity contribution in [2.45, 2.75) is 13.2 Å². The topological polar surface area (TPSA) is 40.5 Å². The van der Waals surface area contributed by atoms with E-state index >= 15 is 0 Å². The van der Waals surface area contributed by atoms with Crippen molar-refractivity contribution in [1.82, 2.24) is 4.57 Å². The van der Waals surface area contributed by atoms with Gasteiger partial charge in [0.15, 0.2) is 0 Å². The Morgan fingerprint density at radius 3 is 2.54 bits per heavy atom. The molecule has 0 unspecified atom stereocenters. The number of ether oxygens (including phenoxy) is 2. The molecule has 0 N–H and O–H groups in total. The standard InChI is InChI=1S/C20H17BrFNO3/c1-25-17-7-5-14(6-8-17)13-26-18-9-10-23(20(24)19(18)21)12-15-3-2-4-16(22)11-15/h2-11H,12-13H2,1H3. The normalized spacial score (nSPS) is 10.6. The van der Waals surface area contributed by atoms with E-state index in [2.05, 4.69) is 15.9 Å². The molecule has 1 heterocycles. The molecule has 0 bridgehead atoms. The van der Waals surface area contributed by atoms with Crippen LogP contribution in [0, 0.1) is 5.82 Å². The van der Waals surface area contributed by atoms with Gasteiger partial charge in [-0.25, -0.2) is 4.39 Å². The summed E-state index contributed by atoms with van der Waals surface area (Å²) in [6.07, 6.45) is 1.64. The number of nitrogens with zero attached hydrogens (tertiary/aromatic N) is 1. The second-order valence-corrected chi connectivity index (χ2v) is 6.49. The van der Waals surface area contributed by atoms with Crippen LogP contribution in [0.15, 0.2) is 70.1 Å². The number of methoxy groups -OCH3 is 1. The molecule has 0 spiro atoms. The highest BCUT2D eigenvalue weighted by molar-refractivity contribution is 9.10. The summed E-state index contributed by atoms with van der Waals surface area (Å²) in [7, 11) is 1.61. The van der Waals surface area contributed by atoms with Crippen molar-refractivity contribution in [3.63, 3.8) is 0 Å². The Balaban J connectivity index is 1.73. The summed E-state index contributed by atoms with van der Waals surface area (Å²) in [6, 6.07) is 15.4. The number of pyridine rings is 1. The minimum atomic E-state index is -0.325. The zero-order chi connectivity index (χ0) is 18.5. The lowest BCUT2D eigenvalue weighted by Gasteiger charge is -2.11. The number of benzene rings is 2. The van der Waals surface area contributed by atoms with Crippen LogP contribution in [0.4, 0.5) is 4.39 Å². The third-order valence-electron chi connectivity index (χ3n) is 3.87. The number of hydrogen-bond acceptors (Lipinski definition) is 3. The summed E-state index contributed by atoms with van der Waals surface area (Å²) in [5, 5.41) is 0. The van der Waals surface area contributed by atoms with Crippen molar-refractivity contribution in [1.29, 1.82) is 0 Å². The van der Waals surface area contributed by atoms with Crippen molar-refractivity contribution < 1.29 is 13.9 Å². The molecule has 1 aromatic heterocycles. The van der Waals surface area contributed by atoms with Crippen molar-refractivity contribution in [3.8, 4) is 11.5 Å². The average Bonchev–Trinajstić information content (AvgIpc) is 2.65. The van der Waals surface area contributed by atoms with E-state index in [0.29, 0.717) is 22.4 Å². The highest BCUT2D eigenvalue weighted by atomic mass is 79.9. The lowest BCUT2D eigenvalue weighted by atomic mass is 10.2. The predicted molar refractivity (Wildman–Crippen MR) is 101 cm³/mol. The molecule has 3 aromatic rings. The van der Waals surface area contributed by atoms with E-state index < -0.39 is 0 Å². The predicted octanol–water partition coefficient (Wildman–Crippen LogP) is 4.39. The molecule has 0 aliphatic carbocycles. The van der Waals surface area contributed by atoms with Gasteiger partial charge >= 0.3 is 0 Å². The number of halogens is 2. The third kappa shape index (κ3) is 4.32. The van der Waals surface area contributed by atoms with Crippen LogP contribution in [0.3, 0.4) is 0 Å². The van der Waals surface area contributed by atoms with E-state index in [9.17, 15) is 9.18 Å². The highest BCUT2D eigenvalue weighted by Crippen LogP contribution is 2.22. The quantitative estimate of drug-likeness (QED) is 0.597. The van der Waals surface area contributed by atoms with Gasteiger partial charge in [-0.3, -0.25) is 4.79 Å². The number of hydrogen-bond donors (Lipinski definition) is 0. The van der Waals surface area contributed by atoms with Crippen LogP contribution in [0.25, 0.3) is 0 Å². The van der Waals surface area contributed by atoms with Crippen LogP contribution >= 0.6 is 15.9 Å². The Bertz CT molecular complexity index is 954. The summed E-state index contributed by atoms with van der Waals surface area (Å²) in [6.45, 7) is 0.615. The molecule has 3 rings (SSSR count). The first-order valence-electron chi connectivity index (χ1n) is 7.96. The smallest absolute Gasteiger partial charge is 0.268 e.